The molecule has 1 amide bonds. The van der Waals surface area contributed by atoms with Gasteiger partial charge in [0, 0.05) is 12.3 Å². The second-order valence-electron chi connectivity index (χ2n) is 16.7. The number of nitrogens with one attached hydrogen (secondary N) is 1. The molecule has 1 spiro atoms. The number of allylic oxidation sites excluding steroid dienone is 1. The summed E-state index contributed by atoms with van der Waals surface area (Å²) in [6.07, 6.45) is 8.82. The van der Waals surface area contributed by atoms with E-state index < -0.39 is 27.9 Å². The Labute approximate surface area is 256 Å². The zero-order valence-corrected chi connectivity index (χ0v) is 26.8. The van der Waals surface area contributed by atoms with Crippen LogP contribution in [0.3, 0.4) is 0 Å². The monoisotopic (exact) mass is 587 g/mol. The predicted octanol–water partition coefficient (Wildman–Crippen LogP) is 6.30. The molecule has 1 unspecified atom stereocenters. The number of β-lactam (4-membered cyclic amide) rings is 1. The van der Waals surface area contributed by atoms with Gasteiger partial charge >= 0.3 is 5.97 Å². The van der Waals surface area contributed by atoms with Crippen molar-refractivity contribution in [3.63, 3.8) is 0 Å². The van der Waals surface area contributed by atoms with Crippen LogP contribution in [0.4, 0.5) is 0 Å². The first-order chi connectivity index (χ1) is 20.1. The number of aliphatic hydroxyl groups excluding tert-OH is 1. The number of carbonyl (C=O) groups is 3. The highest BCUT2D eigenvalue weighted by Crippen LogP contribution is 2.77. The van der Waals surface area contributed by atoms with Crippen molar-refractivity contribution in [1.82, 2.24) is 5.32 Å². The minimum atomic E-state index is -1.01. The number of hydrogen-bond acceptors (Lipinski definition) is 5. The van der Waals surface area contributed by atoms with E-state index >= 15 is 0 Å². The van der Waals surface area contributed by atoms with Crippen LogP contribution in [0.5, 0.6) is 0 Å². The van der Waals surface area contributed by atoms with Crippen molar-refractivity contribution in [3.8, 4) is 0 Å². The fraction of sp³-hybridized carbons (Fsp3) is 0.703. The zero-order valence-electron chi connectivity index (χ0n) is 26.8. The first kappa shape index (κ1) is 29.3. The molecule has 0 radical (unpaired) electrons. The second kappa shape index (κ2) is 8.83. The third kappa shape index (κ3) is 3.37. The summed E-state index contributed by atoms with van der Waals surface area (Å²) >= 11 is 0. The molecule has 0 aromatic heterocycles. The molecule has 4 saturated carbocycles. The van der Waals surface area contributed by atoms with Gasteiger partial charge in [0.2, 0.25) is 5.91 Å². The molecule has 10 atom stereocenters. The lowest BCUT2D eigenvalue weighted by Crippen LogP contribution is -2.88. The highest BCUT2D eigenvalue weighted by Gasteiger charge is 2.81. The maximum atomic E-state index is 13.7. The van der Waals surface area contributed by atoms with Crippen LogP contribution < -0.4 is 5.32 Å². The Morgan fingerprint density at radius 2 is 1.60 bits per heavy atom. The summed E-state index contributed by atoms with van der Waals surface area (Å²) in [5.41, 5.74) is -0.544. The molecular formula is C37H49NO5. The normalized spacial score (nSPS) is 49.9. The Bertz CT molecular complexity index is 1440. The third-order valence-electron chi connectivity index (χ3n) is 15.0. The lowest BCUT2D eigenvalue weighted by molar-refractivity contribution is -0.242. The maximum absolute atomic E-state index is 13.7. The molecule has 2 N–H and O–H groups in total. The first-order valence-electron chi connectivity index (χ1n) is 16.6. The molecule has 7 rings (SSSR count). The highest BCUT2D eigenvalue weighted by atomic mass is 16.5. The molecule has 1 aromatic rings. The molecule has 0 bridgehead atoms. The van der Waals surface area contributed by atoms with Crippen LogP contribution in [-0.4, -0.2) is 34.4 Å². The molecule has 6 aliphatic rings. The van der Waals surface area contributed by atoms with Crippen molar-refractivity contribution in [2.75, 3.05) is 0 Å². The van der Waals surface area contributed by atoms with Gasteiger partial charge in [-0.05, 0) is 98.4 Å². The highest BCUT2D eigenvalue weighted by molar-refractivity contribution is 6.13. The van der Waals surface area contributed by atoms with E-state index in [1.165, 1.54) is 5.57 Å². The number of benzene rings is 1. The summed E-state index contributed by atoms with van der Waals surface area (Å²) in [5.74, 6) is -0.101. The van der Waals surface area contributed by atoms with Crippen LogP contribution in [0.1, 0.15) is 105 Å². The van der Waals surface area contributed by atoms with Crippen LogP contribution in [0.25, 0.3) is 0 Å². The molecule has 5 aliphatic carbocycles. The average molecular weight is 588 g/mol. The SMILES string of the molecule is C[C@]1(C(=O)OCc2ccccc2)CC[C@]2(C)CC[C@]3(C)C(=CC(O)[C@@H]4[C@@]5(C)CCC(=O)[C@@]6(C)C(=O)N[C@]65CC[C@]43C)[C@@H]2C1. The fourth-order valence-electron chi connectivity index (χ4n) is 11.8. The lowest BCUT2D eigenvalue weighted by atomic mass is 9.30. The smallest absolute Gasteiger partial charge is 0.312 e. The van der Waals surface area contributed by atoms with Crippen molar-refractivity contribution in [3.05, 3.63) is 47.5 Å². The number of hydrogen-bond donors (Lipinski definition) is 2. The van der Waals surface area contributed by atoms with Crippen molar-refractivity contribution < 1.29 is 24.2 Å². The van der Waals surface area contributed by atoms with Gasteiger partial charge in [0.1, 0.15) is 12.0 Å². The predicted molar refractivity (Wildman–Crippen MR) is 163 cm³/mol. The summed E-state index contributed by atoms with van der Waals surface area (Å²) in [5, 5.41) is 15.5. The van der Waals surface area contributed by atoms with Crippen molar-refractivity contribution >= 4 is 17.7 Å². The van der Waals surface area contributed by atoms with Gasteiger partial charge in [-0.25, -0.2) is 0 Å². The van der Waals surface area contributed by atoms with Gasteiger partial charge in [-0.1, -0.05) is 69.7 Å². The lowest BCUT2D eigenvalue weighted by Gasteiger charge is -2.77. The van der Waals surface area contributed by atoms with E-state index in [1.807, 2.05) is 37.3 Å². The Hall–Kier alpha value is -2.47. The quantitative estimate of drug-likeness (QED) is 0.187. The number of aliphatic hydroxyl groups is 1. The molecule has 1 heterocycles. The maximum Gasteiger partial charge on any atom is 0.312 e. The largest absolute Gasteiger partial charge is 0.460 e. The second-order valence-corrected chi connectivity index (χ2v) is 16.7. The van der Waals surface area contributed by atoms with E-state index in [9.17, 15) is 19.5 Å². The molecule has 232 valence electrons. The third-order valence-corrected chi connectivity index (χ3v) is 15.0. The Morgan fingerprint density at radius 1 is 0.907 bits per heavy atom. The number of ketones is 1. The standard InChI is InChI=1S/C37H49NO5/c1-31-14-15-32(2,30(42)43-22-23-10-8-7-9-11-23)21-25(31)24-20-26(39)28-34(4,33(24,3)17-16-31)18-19-37-35(28,5)13-12-27(40)36(37,6)29(41)38-37/h7-11,20,25-26,28,39H,12-19,21-22H2,1-6H3,(H,38,41)/t25-,26?,28-,31+,32-,33+,34+,35+,36-,37-/m0/s1. The zero-order chi connectivity index (χ0) is 30.8. The summed E-state index contributed by atoms with van der Waals surface area (Å²) in [6, 6.07) is 9.87. The van der Waals surface area contributed by atoms with Crippen LogP contribution in [0.2, 0.25) is 0 Å². The van der Waals surface area contributed by atoms with E-state index in [2.05, 4.69) is 46.0 Å². The minimum Gasteiger partial charge on any atom is -0.460 e. The van der Waals surface area contributed by atoms with E-state index in [0.29, 0.717) is 12.8 Å². The molecule has 1 aromatic carbocycles. The number of amides is 1. The van der Waals surface area contributed by atoms with Crippen molar-refractivity contribution in [2.45, 2.75) is 118 Å². The van der Waals surface area contributed by atoms with Gasteiger partial charge in [0.15, 0.2) is 5.78 Å². The molecule has 6 nitrogen and oxygen atoms in total. The summed E-state index contributed by atoms with van der Waals surface area (Å²) in [4.78, 5) is 39.9. The van der Waals surface area contributed by atoms with Crippen LogP contribution >= 0.6 is 0 Å². The topological polar surface area (TPSA) is 92.7 Å². The van der Waals surface area contributed by atoms with Gasteiger partial charge < -0.3 is 15.2 Å². The Kier molecular flexibility index (Phi) is 6.01. The molecule has 5 fully saturated rings. The van der Waals surface area contributed by atoms with Crippen LogP contribution in [0.15, 0.2) is 42.0 Å². The van der Waals surface area contributed by atoms with Gasteiger partial charge in [-0.3, -0.25) is 14.4 Å². The molecule has 6 heteroatoms. The first-order valence-corrected chi connectivity index (χ1v) is 16.6. The number of carbonyl (C=O) groups excluding carboxylic acids is 3. The van der Waals surface area contributed by atoms with E-state index in [4.69, 9.17) is 4.74 Å². The molecular weight excluding hydrogens is 538 g/mol. The number of fused-ring (bicyclic) bond motifs is 6. The van der Waals surface area contributed by atoms with Crippen molar-refractivity contribution in [2.24, 2.45) is 44.3 Å². The van der Waals surface area contributed by atoms with Gasteiger partial charge in [-0.15, -0.1) is 0 Å². The fourth-order valence-corrected chi connectivity index (χ4v) is 11.8. The number of ether oxygens (including phenoxy) is 1. The molecule has 43 heavy (non-hydrogen) atoms. The minimum absolute atomic E-state index is 0.0548. The number of Topliss-reactive ketones (excluding diaryl/α,β-unsaturated/α-hetero) is 1. The summed E-state index contributed by atoms with van der Waals surface area (Å²) in [6.45, 7) is 13.7. The van der Waals surface area contributed by atoms with E-state index in [1.54, 1.807) is 0 Å². The van der Waals surface area contributed by atoms with E-state index in [-0.39, 0.29) is 52.3 Å². The molecule has 1 aliphatic heterocycles. The number of esters is 1. The Morgan fingerprint density at radius 3 is 2.30 bits per heavy atom. The van der Waals surface area contributed by atoms with Crippen LogP contribution in [0, 0.1) is 44.3 Å². The van der Waals surface area contributed by atoms with Crippen molar-refractivity contribution in [1.29, 1.82) is 0 Å². The van der Waals surface area contributed by atoms with Gasteiger partial charge in [0.25, 0.3) is 0 Å². The van der Waals surface area contributed by atoms with Gasteiger partial charge in [-0.2, -0.15) is 0 Å². The summed E-state index contributed by atoms with van der Waals surface area (Å²) < 4.78 is 5.93. The Balaban J connectivity index is 1.24. The number of rotatable bonds is 3. The van der Waals surface area contributed by atoms with Gasteiger partial charge in [0.05, 0.1) is 17.1 Å². The summed E-state index contributed by atoms with van der Waals surface area (Å²) in [7, 11) is 0. The van der Waals surface area contributed by atoms with E-state index in [0.717, 1.165) is 50.5 Å². The average Bonchev–Trinajstić information content (AvgIpc) is 2.97. The molecule has 1 saturated heterocycles. The van der Waals surface area contributed by atoms with Crippen LogP contribution in [-0.2, 0) is 25.7 Å².